The molecule has 3 rings (SSSR count). The molecule has 1 aromatic heterocycles. The first-order chi connectivity index (χ1) is 10.1. The second-order valence-corrected chi connectivity index (χ2v) is 4.50. The third-order valence-corrected chi connectivity index (χ3v) is 3.07. The zero-order valence-corrected chi connectivity index (χ0v) is 10.9. The van der Waals surface area contributed by atoms with Gasteiger partial charge in [-0.3, -0.25) is 10.1 Å². The number of hydrogen-bond donors (Lipinski definition) is 2. The van der Waals surface area contributed by atoms with E-state index in [-0.39, 0.29) is 11.4 Å². The fourth-order valence-corrected chi connectivity index (χ4v) is 2.10. The normalized spacial score (nSPS) is 10.5. The van der Waals surface area contributed by atoms with Gasteiger partial charge in [-0.1, -0.05) is 6.07 Å². The maximum Gasteiger partial charge on any atom is 0.270 e. The van der Waals surface area contributed by atoms with Gasteiger partial charge in [0.05, 0.1) is 4.92 Å². The highest BCUT2D eigenvalue weighted by molar-refractivity contribution is 5.94. The van der Waals surface area contributed by atoms with Crippen LogP contribution in [0.2, 0.25) is 0 Å². The second-order valence-electron chi connectivity index (χ2n) is 4.50. The topological polar surface area (TPSA) is 88.3 Å². The molecule has 0 bridgehead atoms. The number of benzene rings is 2. The van der Waals surface area contributed by atoms with E-state index in [1.807, 2.05) is 0 Å². The Hall–Kier alpha value is -3.15. The first-order valence-electron chi connectivity index (χ1n) is 6.23. The molecular formula is C15H11N3O3. The third kappa shape index (κ3) is 2.59. The molecule has 0 saturated heterocycles. The summed E-state index contributed by atoms with van der Waals surface area (Å²) >= 11 is 0. The molecule has 3 aromatic rings. The minimum atomic E-state index is -0.428. The Morgan fingerprint density at radius 2 is 2.00 bits per heavy atom. The summed E-state index contributed by atoms with van der Waals surface area (Å²) in [6.07, 6.45) is 1.58. The molecule has 0 aliphatic carbocycles. The lowest BCUT2D eigenvalue weighted by Gasteiger charge is -2.09. The summed E-state index contributed by atoms with van der Waals surface area (Å²) in [6.45, 7) is 0. The van der Waals surface area contributed by atoms with Crippen LogP contribution in [-0.2, 0) is 0 Å². The van der Waals surface area contributed by atoms with Crippen molar-refractivity contribution in [3.8, 4) is 5.75 Å². The predicted molar refractivity (Wildman–Crippen MR) is 79.8 cm³/mol. The van der Waals surface area contributed by atoms with Crippen molar-refractivity contribution in [3.05, 3.63) is 64.8 Å². The molecule has 0 amide bonds. The van der Waals surface area contributed by atoms with E-state index in [1.165, 1.54) is 12.1 Å². The smallest absolute Gasteiger partial charge is 0.270 e. The summed E-state index contributed by atoms with van der Waals surface area (Å²) in [5.41, 5.74) is 0.727. The molecule has 6 heteroatoms. The van der Waals surface area contributed by atoms with Crippen molar-refractivity contribution in [1.82, 2.24) is 4.98 Å². The lowest BCUT2D eigenvalue weighted by atomic mass is 10.1. The van der Waals surface area contributed by atoms with Gasteiger partial charge in [-0.15, -0.1) is 0 Å². The summed E-state index contributed by atoms with van der Waals surface area (Å²) < 4.78 is 0. The van der Waals surface area contributed by atoms with E-state index in [0.29, 0.717) is 11.5 Å². The number of aromatic hydroxyl groups is 1. The van der Waals surface area contributed by atoms with Crippen molar-refractivity contribution < 1.29 is 10.0 Å². The number of non-ortho nitro benzene ring substituents is 1. The lowest BCUT2D eigenvalue weighted by Crippen LogP contribution is -1.95. The highest BCUT2D eigenvalue weighted by atomic mass is 16.6. The van der Waals surface area contributed by atoms with Gasteiger partial charge in [0.1, 0.15) is 11.6 Å². The van der Waals surface area contributed by atoms with Crippen LogP contribution in [-0.4, -0.2) is 15.0 Å². The number of nitrogens with one attached hydrogen (secondary N) is 1. The molecule has 21 heavy (non-hydrogen) atoms. The van der Waals surface area contributed by atoms with Crippen molar-refractivity contribution in [2.24, 2.45) is 0 Å². The molecule has 0 aliphatic rings. The van der Waals surface area contributed by atoms with E-state index in [2.05, 4.69) is 10.3 Å². The zero-order chi connectivity index (χ0) is 14.8. The predicted octanol–water partition coefficient (Wildman–Crippen LogP) is 3.59. The number of pyridine rings is 1. The minimum absolute atomic E-state index is 0.0389. The Labute approximate surface area is 119 Å². The molecule has 0 aliphatic heterocycles. The second kappa shape index (κ2) is 5.09. The van der Waals surface area contributed by atoms with Gasteiger partial charge in [0.2, 0.25) is 0 Å². The number of nitrogens with zero attached hydrogens (tertiary/aromatic N) is 2. The van der Waals surface area contributed by atoms with E-state index >= 15 is 0 Å². The summed E-state index contributed by atoms with van der Waals surface area (Å²) in [4.78, 5) is 14.6. The number of nitro benzene ring substituents is 1. The van der Waals surface area contributed by atoms with Crippen LogP contribution in [0.15, 0.2) is 54.7 Å². The van der Waals surface area contributed by atoms with Crippen LogP contribution < -0.4 is 5.32 Å². The molecular weight excluding hydrogens is 270 g/mol. The number of hydrogen-bond acceptors (Lipinski definition) is 5. The summed E-state index contributed by atoms with van der Waals surface area (Å²) in [6, 6.07) is 13.0. The number of phenolic OH excluding ortho intramolecular Hbond substituents is 1. The van der Waals surface area contributed by atoms with Crippen LogP contribution in [0.4, 0.5) is 17.2 Å². The quantitative estimate of drug-likeness (QED) is 0.565. The molecule has 0 atom stereocenters. The molecule has 2 N–H and O–H groups in total. The van der Waals surface area contributed by atoms with Crippen molar-refractivity contribution in [2.45, 2.75) is 0 Å². The maximum absolute atomic E-state index is 10.8. The number of rotatable bonds is 3. The number of anilines is 2. The van der Waals surface area contributed by atoms with Gasteiger partial charge in [0, 0.05) is 35.5 Å². The van der Waals surface area contributed by atoms with Gasteiger partial charge in [-0.25, -0.2) is 4.98 Å². The van der Waals surface area contributed by atoms with Crippen molar-refractivity contribution in [2.75, 3.05) is 5.32 Å². The van der Waals surface area contributed by atoms with Crippen LogP contribution in [0.3, 0.4) is 0 Å². The van der Waals surface area contributed by atoms with E-state index in [0.717, 1.165) is 10.8 Å². The number of nitro groups is 1. The highest BCUT2D eigenvalue weighted by Crippen LogP contribution is 2.28. The monoisotopic (exact) mass is 281 g/mol. The molecule has 0 unspecified atom stereocenters. The van der Waals surface area contributed by atoms with E-state index in [4.69, 9.17) is 0 Å². The SMILES string of the molecule is O=[N+]([O-])c1ccc2c(Nc3cccc(O)c3)nccc2c1. The number of phenols is 1. The molecule has 0 fully saturated rings. The molecule has 1 heterocycles. The zero-order valence-electron chi connectivity index (χ0n) is 10.9. The first-order valence-corrected chi connectivity index (χ1v) is 6.23. The molecule has 0 radical (unpaired) electrons. The Morgan fingerprint density at radius 3 is 2.76 bits per heavy atom. The van der Waals surface area contributed by atoms with Gasteiger partial charge in [0.15, 0.2) is 0 Å². The largest absolute Gasteiger partial charge is 0.508 e. The highest BCUT2D eigenvalue weighted by Gasteiger charge is 2.09. The molecule has 2 aromatic carbocycles. The van der Waals surface area contributed by atoms with Gasteiger partial charge in [-0.2, -0.15) is 0 Å². The van der Waals surface area contributed by atoms with Gasteiger partial charge >= 0.3 is 0 Å². The van der Waals surface area contributed by atoms with Crippen LogP contribution in [0.1, 0.15) is 0 Å². The first kappa shape index (κ1) is 12.9. The Bertz CT molecular complexity index is 833. The minimum Gasteiger partial charge on any atom is -0.508 e. The van der Waals surface area contributed by atoms with Crippen molar-refractivity contribution in [3.63, 3.8) is 0 Å². The summed E-state index contributed by atoms with van der Waals surface area (Å²) in [5, 5.41) is 24.9. The summed E-state index contributed by atoms with van der Waals surface area (Å²) in [7, 11) is 0. The van der Waals surface area contributed by atoms with Gasteiger partial charge in [-0.05, 0) is 29.7 Å². The van der Waals surface area contributed by atoms with Gasteiger partial charge in [0.25, 0.3) is 5.69 Å². The van der Waals surface area contributed by atoms with E-state index in [9.17, 15) is 15.2 Å². The van der Waals surface area contributed by atoms with Crippen LogP contribution >= 0.6 is 0 Å². The Kier molecular flexibility index (Phi) is 3.12. The van der Waals surface area contributed by atoms with Crippen LogP contribution in [0, 0.1) is 10.1 Å². The standard InChI is InChI=1S/C15H11N3O3/c19-13-3-1-2-11(9-13)17-15-14-5-4-12(18(20)21)8-10(14)6-7-16-15/h1-9,19H,(H,16,17). The van der Waals surface area contributed by atoms with E-state index < -0.39 is 4.92 Å². The molecule has 6 nitrogen and oxygen atoms in total. The van der Waals surface area contributed by atoms with Crippen molar-refractivity contribution in [1.29, 1.82) is 0 Å². The molecule has 0 saturated carbocycles. The Balaban J connectivity index is 2.05. The number of aromatic nitrogens is 1. The average molecular weight is 281 g/mol. The fourth-order valence-electron chi connectivity index (χ4n) is 2.10. The van der Waals surface area contributed by atoms with Crippen LogP contribution in [0.5, 0.6) is 5.75 Å². The van der Waals surface area contributed by atoms with Crippen molar-refractivity contribution >= 4 is 28.0 Å². The van der Waals surface area contributed by atoms with Gasteiger partial charge < -0.3 is 10.4 Å². The van der Waals surface area contributed by atoms with E-state index in [1.54, 1.807) is 42.6 Å². The lowest BCUT2D eigenvalue weighted by molar-refractivity contribution is -0.384. The summed E-state index contributed by atoms with van der Waals surface area (Å²) in [5.74, 6) is 0.726. The molecule has 0 spiro atoms. The third-order valence-electron chi connectivity index (χ3n) is 3.07. The molecule has 104 valence electrons. The average Bonchev–Trinajstić information content (AvgIpc) is 2.47. The number of fused-ring (bicyclic) bond motifs is 1. The fraction of sp³-hybridized carbons (Fsp3) is 0. The maximum atomic E-state index is 10.8. The van der Waals surface area contributed by atoms with Crippen LogP contribution in [0.25, 0.3) is 10.8 Å². The Morgan fingerprint density at radius 1 is 1.14 bits per heavy atom.